The topological polar surface area (TPSA) is 131 Å². The minimum atomic E-state index is -0.544. The molecule has 0 unspecified atom stereocenters. The molecule has 0 aliphatic rings. The highest BCUT2D eigenvalue weighted by atomic mass is 79.9. The van der Waals surface area contributed by atoms with E-state index in [4.69, 9.17) is 15.2 Å². The average Bonchev–Trinajstić information content (AvgIpc) is 2.56. The Kier molecular flexibility index (Phi) is 6.93. The number of benzene rings is 2. The Hall–Kier alpha value is -2.88. The van der Waals surface area contributed by atoms with Crippen molar-refractivity contribution in [3.63, 3.8) is 0 Å². The standard InChI is InChI=1S/C7H6BrNO3.C7H8N2O3/c2*1-12-5-2-3-6(8)7(4-5)9(10)11/h2-4H,1H3;2-4H,8H2,1H3. The lowest BCUT2D eigenvalue weighted by Crippen LogP contribution is -1.95. The number of nitro benzene ring substituents is 2. The third-order valence-electron chi connectivity index (χ3n) is 2.78. The highest BCUT2D eigenvalue weighted by molar-refractivity contribution is 9.10. The Morgan fingerprint density at radius 3 is 1.83 bits per heavy atom. The van der Waals surface area contributed by atoms with Gasteiger partial charge in [0.2, 0.25) is 0 Å². The smallest absolute Gasteiger partial charge is 0.295 e. The second-order valence-corrected chi connectivity index (χ2v) is 5.11. The summed E-state index contributed by atoms with van der Waals surface area (Å²) >= 11 is 3.06. The van der Waals surface area contributed by atoms with Crippen LogP contribution in [-0.2, 0) is 0 Å². The largest absolute Gasteiger partial charge is 0.497 e. The van der Waals surface area contributed by atoms with Crippen molar-refractivity contribution in [2.45, 2.75) is 0 Å². The van der Waals surface area contributed by atoms with Crippen LogP contribution in [0.5, 0.6) is 11.5 Å². The maximum Gasteiger partial charge on any atom is 0.295 e. The van der Waals surface area contributed by atoms with Crippen LogP contribution >= 0.6 is 15.9 Å². The maximum atomic E-state index is 10.4. The molecule has 2 aromatic carbocycles. The molecule has 0 fully saturated rings. The highest BCUT2D eigenvalue weighted by Gasteiger charge is 2.12. The molecule has 24 heavy (non-hydrogen) atoms. The van der Waals surface area contributed by atoms with Gasteiger partial charge in [0, 0.05) is 0 Å². The number of halogens is 1. The predicted molar refractivity (Wildman–Crippen MR) is 91.4 cm³/mol. The zero-order valence-corrected chi connectivity index (χ0v) is 14.3. The number of anilines is 1. The SMILES string of the molecule is COc1ccc(Br)c([N+](=O)[O-])c1.COc1ccc(N)c([N+](=O)[O-])c1. The van der Waals surface area contributed by atoms with E-state index in [2.05, 4.69) is 15.9 Å². The summed E-state index contributed by atoms with van der Waals surface area (Å²) in [6, 6.07) is 8.90. The minimum absolute atomic E-state index is 0.00866. The van der Waals surface area contributed by atoms with Crippen LogP contribution in [0.4, 0.5) is 17.1 Å². The van der Waals surface area contributed by atoms with Crippen LogP contribution in [0.25, 0.3) is 0 Å². The van der Waals surface area contributed by atoms with Crippen molar-refractivity contribution < 1.29 is 19.3 Å². The molecule has 0 spiro atoms. The molecule has 0 aromatic heterocycles. The van der Waals surface area contributed by atoms with Crippen LogP contribution in [0.2, 0.25) is 0 Å². The van der Waals surface area contributed by atoms with Crippen molar-refractivity contribution >= 4 is 33.0 Å². The van der Waals surface area contributed by atoms with E-state index in [-0.39, 0.29) is 17.1 Å². The molecule has 2 N–H and O–H groups in total. The number of nitrogens with zero attached hydrogens (tertiary/aromatic N) is 2. The van der Waals surface area contributed by atoms with Crippen LogP contribution in [-0.4, -0.2) is 24.1 Å². The maximum absolute atomic E-state index is 10.4. The Morgan fingerprint density at radius 2 is 1.38 bits per heavy atom. The van der Waals surface area contributed by atoms with Gasteiger partial charge in [-0.3, -0.25) is 20.2 Å². The van der Waals surface area contributed by atoms with Crippen LogP contribution in [0.1, 0.15) is 0 Å². The summed E-state index contributed by atoms with van der Waals surface area (Å²) in [7, 11) is 2.90. The van der Waals surface area contributed by atoms with Crippen LogP contribution in [0, 0.1) is 20.2 Å². The summed E-state index contributed by atoms with van der Waals surface area (Å²) in [5.74, 6) is 0.904. The molecule has 0 saturated heterocycles. The molecule has 2 rings (SSSR count). The number of nitrogen functional groups attached to an aromatic ring is 1. The van der Waals surface area contributed by atoms with Crippen molar-refractivity contribution in [3.8, 4) is 11.5 Å². The summed E-state index contributed by atoms with van der Waals surface area (Å²) in [5.41, 5.74) is 5.37. The molecule has 0 bridgehead atoms. The molecular weight excluding hydrogens is 386 g/mol. The van der Waals surface area contributed by atoms with Crippen molar-refractivity contribution in [1.29, 1.82) is 0 Å². The summed E-state index contributed by atoms with van der Waals surface area (Å²) in [6.45, 7) is 0. The molecule has 0 radical (unpaired) electrons. The molecular formula is C14H14BrN3O6. The summed E-state index contributed by atoms with van der Waals surface area (Å²) in [4.78, 5) is 19.8. The second kappa shape index (κ2) is 8.67. The molecule has 2 aromatic rings. The number of nitro groups is 2. The van der Waals surface area contributed by atoms with Gasteiger partial charge in [-0.15, -0.1) is 0 Å². The first-order chi connectivity index (χ1) is 11.3. The first-order valence-electron chi connectivity index (χ1n) is 6.36. The third-order valence-corrected chi connectivity index (χ3v) is 3.45. The lowest BCUT2D eigenvalue weighted by molar-refractivity contribution is -0.385. The molecule has 0 aliphatic heterocycles. The first-order valence-corrected chi connectivity index (χ1v) is 7.15. The number of ether oxygens (including phenoxy) is 2. The van der Waals surface area contributed by atoms with E-state index in [0.717, 1.165) is 0 Å². The van der Waals surface area contributed by atoms with Gasteiger partial charge in [0.15, 0.2) is 0 Å². The first kappa shape index (κ1) is 19.2. The second-order valence-electron chi connectivity index (χ2n) is 4.26. The fourth-order valence-corrected chi connectivity index (χ4v) is 1.96. The number of nitrogens with two attached hydrogens (primary N) is 1. The fraction of sp³-hybridized carbons (Fsp3) is 0.143. The van der Waals surface area contributed by atoms with Gasteiger partial charge < -0.3 is 15.2 Å². The van der Waals surface area contributed by atoms with E-state index in [9.17, 15) is 20.2 Å². The zero-order chi connectivity index (χ0) is 18.3. The van der Waals surface area contributed by atoms with E-state index >= 15 is 0 Å². The van der Waals surface area contributed by atoms with E-state index in [1.165, 1.54) is 32.4 Å². The number of hydrogen-bond donors (Lipinski definition) is 1. The fourth-order valence-electron chi connectivity index (χ4n) is 1.57. The monoisotopic (exact) mass is 399 g/mol. The van der Waals surface area contributed by atoms with E-state index in [1.807, 2.05) is 0 Å². The zero-order valence-electron chi connectivity index (χ0n) is 12.8. The normalized spacial score (nSPS) is 9.46. The number of methoxy groups -OCH3 is 2. The van der Waals surface area contributed by atoms with Crippen molar-refractivity contribution in [1.82, 2.24) is 0 Å². The Balaban J connectivity index is 0.000000240. The van der Waals surface area contributed by atoms with Crippen molar-refractivity contribution in [2.75, 3.05) is 20.0 Å². The lowest BCUT2D eigenvalue weighted by Gasteiger charge is -2.00. The lowest BCUT2D eigenvalue weighted by atomic mass is 10.2. The number of rotatable bonds is 4. The van der Waals surface area contributed by atoms with Crippen molar-refractivity contribution in [2.24, 2.45) is 0 Å². The minimum Gasteiger partial charge on any atom is -0.497 e. The van der Waals surface area contributed by atoms with E-state index < -0.39 is 9.85 Å². The molecule has 9 nitrogen and oxygen atoms in total. The van der Waals surface area contributed by atoms with Gasteiger partial charge in [0.25, 0.3) is 11.4 Å². The molecule has 10 heteroatoms. The Bertz CT molecular complexity index is 690. The van der Waals surface area contributed by atoms with Crippen LogP contribution in [0.15, 0.2) is 40.9 Å². The summed E-state index contributed by atoms with van der Waals surface area (Å²) in [6.07, 6.45) is 0. The van der Waals surface area contributed by atoms with Gasteiger partial charge in [-0.2, -0.15) is 0 Å². The molecule has 0 aliphatic carbocycles. The quantitative estimate of drug-likeness (QED) is 0.472. The Morgan fingerprint density at radius 1 is 0.917 bits per heavy atom. The molecule has 0 atom stereocenters. The van der Waals surface area contributed by atoms with E-state index in [1.54, 1.807) is 18.2 Å². The summed E-state index contributed by atoms with van der Waals surface area (Å²) in [5, 5.41) is 20.8. The van der Waals surface area contributed by atoms with Gasteiger partial charge in [0.1, 0.15) is 17.2 Å². The molecule has 0 amide bonds. The van der Waals surface area contributed by atoms with Crippen LogP contribution in [0.3, 0.4) is 0 Å². The third kappa shape index (κ3) is 5.09. The highest BCUT2D eigenvalue weighted by Crippen LogP contribution is 2.28. The van der Waals surface area contributed by atoms with Gasteiger partial charge >= 0.3 is 0 Å². The molecule has 0 heterocycles. The molecule has 128 valence electrons. The van der Waals surface area contributed by atoms with Gasteiger partial charge in [-0.25, -0.2) is 0 Å². The van der Waals surface area contributed by atoms with Gasteiger partial charge in [-0.05, 0) is 40.2 Å². The van der Waals surface area contributed by atoms with Gasteiger partial charge in [0.05, 0.1) is 40.7 Å². The predicted octanol–water partition coefficient (Wildman–Crippen LogP) is 3.55. The van der Waals surface area contributed by atoms with E-state index in [0.29, 0.717) is 16.0 Å². The number of hydrogen-bond acceptors (Lipinski definition) is 7. The van der Waals surface area contributed by atoms with Gasteiger partial charge in [-0.1, -0.05) is 0 Å². The summed E-state index contributed by atoms with van der Waals surface area (Å²) < 4.78 is 10.1. The van der Waals surface area contributed by atoms with Crippen molar-refractivity contribution in [3.05, 3.63) is 61.1 Å². The molecule has 0 saturated carbocycles. The Labute approximate surface area is 145 Å². The average molecular weight is 400 g/mol. The van der Waals surface area contributed by atoms with Crippen LogP contribution < -0.4 is 15.2 Å².